The van der Waals surface area contributed by atoms with Crippen LogP contribution in [0.3, 0.4) is 0 Å². The molecule has 0 saturated carbocycles. The molecule has 2 aromatic heterocycles. The fraction of sp³-hybridized carbons (Fsp3) is 0.333. The number of nitrogen functional groups attached to an aromatic ring is 1. The van der Waals surface area contributed by atoms with E-state index in [2.05, 4.69) is 15.3 Å². The Balaban J connectivity index is 1.58. The van der Waals surface area contributed by atoms with Gasteiger partial charge in [0.2, 0.25) is 5.91 Å². The lowest BCUT2D eigenvalue weighted by Crippen LogP contribution is -2.32. The summed E-state index contributed by atoms with van der Waals surface area (Å²) in [4.78, 5) is 14.8. The molecule has 1 aliphatic heterocycles. The third-order valence-electron chi connectivity index (χ3n) is 4.77. The summed E-state index contributed by atoms with van der Waals surface area (Å²) in [5.41, 5.74) is 8.26. The predicted molar refractivity (Wildman–Crippen MR) is 94.6 cm³/mol. The molecule has 1 aromatic carbocycles. The Hall–Kier alpha value is -2.96. The highest BCUT2D eigenvalue weighted by Crippen LogP contribution is 2.31. The highest BCUT2D eigenvalue weighted by Gasteiger charge is 2.31. The van der Waals surface area contributed by atoms with E-state index >= 15 is 0 Å². The Morgan fingerprint density at radius 3 is 2.88 bits per heavy atom. The van der Waals surface area contributed by atoms with Crippen molar-refractivity contribution in [2.24, 2.45) is 7.05 Å². The van der Waals surface area contributed by atoms with Gasteiger partial charge in [0.05, 0.1) is 29.4 Å². The molecule has 1 atom stereocenters. The Morgan fingerprint density at radius 2 is 2.08 bits per heavy atom. The molecule has 1 amide bonds. The fourth-order valence-corrected chi connectivity index (χ4v) is 3.57. The van der Waals surface area contributed by atoms with Gasteiger partial charge in [-0.3, -0.25) is 9.48 Å². The smallest absolute Gasteiger partial charge is 0.229 e. The zero-order chi connectivity index (χ0) is 17.4. The van der Waals surface area contributed by atoms with Crippen LogP contribution in [0.4, 0.5) is 5.82 Å². The topological polar surface area (TPSA) is 89.9 Å². The summed E-state index contributed by atoms with van der Waals surface area (Å²) >= 11 is 0. The Labute approximate surface area is 145 Å². The SMILES string of the molecule is Cn1nc(CC(=O)N2CCCC2c2ccc(N)nn2)c2ccccc21. The number of nitrogens with zero attached hydrogens (tertiary/aromatic N) is 5. The molecule has 0 aliphatic carbocycles. The third kappa shape index (κ3) is 2.82. The molecule has 1 aliphatic rings. The summed E-state index contributed by atoms with van der Waals surface area (Å²) in [7, 11) is 1.90. The molecule has 128 valence electrons. The first kappa shape index (κ1) is 15.6. The van der Waals surface area contributed by atoms with Crippen molar-refractivity contribution in [3.8, 4) is 0 Å². The van der Waals surface area contributed by atoms with Crippen molar-refractivity contribution >= 4 is 22.6 Å². The van der Waals surface area contributed by atoms with E-state index in [1.165, 1.54) is 0 Å². The summed E-state index contributed by atoms with van der Waals surface area (Å²) in [6, 6.07) is 11.5. The molecule has 3 aromatic rings. The number of hydrogen-bond acceptors (Lipinski definition) is 5. The van der Waals surface area contributed by atoms with E-state index in [1.807, 2.05) is 47.0 Å². The van der Waals surface area contributed by atoms with Crippen LogP contribution in [-0.2, 0) is 18.3 Å². The van der Waals surface area contributed by atoms with Gasteiger partial charge in [0.25, 0.3) is 0 Å². The van der Waals surface area contributed by atoms with E-state index < -0.39 is 0 Å². The van der Waals surface area contributed by atoms with Crippen LogP contribution in [0.1, 0.15) is 30.3 Å². The van der Waals surface area contributed by atoms with Gasteiger partial charge in [-0.1, -0.05) is 18.2 Å². The van der Waals surface area contributed by atoms with Gasteiger partial charge in [0.15, 0.2) is 0 Å². The Morgan fingerprint density at radius 1 is 1.24 bits per heavy atom. The van der Waals surface area contributed by atoms with Gasteiger partial charge in [0.1, 0.15) is 5.82 Å². The molecule has 2 N–H and O–H groups in total. The van der Waals surface area contributed by atoms with E-state index in [-0.39, 0.29) is 11.9 Å². The molecular weight excluding hydrogens is 316 g/mol. The first-order valence-electron chi connectivity index (χ1n) is 8.42. The molecule has 0 bridgehead atoms. The lowest BCUT2D eigenvalue weighted by molar-refractivity contribution is -0.131. The van der Waals surface area contributed by atoms with Crippen molar-refractivity contribution in [3.63, 3.8) is 0 Å². The van der Waals surface area contributed by atoms with E-state index in [0.29, 0.717) is 12.2 Å². The average molecular weight is 336 g/mol. The molecule has 7 heteroatoms. The van der Waals surface area contributed by atoms with Gasteiger partial charge in [-0.05, 0) is 31.0 Å². The van der Waals surface area contributed by atoms with Crippen molar-refractivity contribution in [2.45, 2.75) is 25.3 Å². The number of carbonyl (C=O) groups is 1. The monoisotopic (exact) mass is 336 g/mol. The van der Waals surface area contributed by atoms with E-state index in [1.54, 1.807) is 6.07 Å². The summed E-state index contributed by atoms with van der Waals surface area (Å²) < 4.78 is 1.82. The number of para-hydroxylation sites is 1. The zero-order valence-corrected chi connectivity index (χ0v) is 14.1. The number of likely N-dealkylation sites (tertiary alicyclic amines) is 1. The molecule has 3 heterocycles. The molecule has 1 unspecified atom stereocenters. The van der Waals surface area contributed by atoms with Gasteiger partial charge in [-0.25, -0.2) is 0 Å². The second-order valence-corrected chi connectivity index (χ2v) is 6.39. The zero-order valence-electron chi connectivity index (χ0n) is 14.1. The maximum atomic E-state index is 12.9. The van der Waals surface area contributed by atoms with Crippen molar-refractivity contribution in [1.29, 1.82) is 0 Å². The standard InChI is InChI=1S/C18H20N6O/c1-23-15-6-3-2-5-12(15)14(22-23)11-18(25)24-10-4-7-16(24)13-8-9-17(19)21-20-13/h2-3,5-6,8-9,16H,4,7,10-11H2,1H3,(H2,19,21). The molecule has 25 heavy (non-hydrogen) atoms. The molecule has 4 rings (SSSR count). The number of aromatic nitrogens is 4. The summed E-state index contributed by atoms with van der Waals surface area (Å²) in [5, 5.41) is 13.6. The number of fused-ring (bicyclic) bond motifs is 1. The van der Waals surface area contributed by atoms with Gasteiger partial charge in [-0.2, -0.15) is 10.2 Å². The van der Waals surface area contributed by atoms with Crippen molar-refractivity contribution in [1.82, 2.24) is 24.9 Å². The van der Waals surface area contributed by atoms with Crippen LogP contribution in [0.2, 0.25) is 0 Å². The summed E-state index contributed by atoms with van der Waals surface area (Å²) in [6.45, 7) is 0.736. The first-order chi connectivity index (χ1) is 12.1. The Bertz CT molecular complexity index is 917. The maximum Gasteiger partial charge on any atom is 0.229 e. The van der Waals surface area contributed by atoms with Crippen LogP contribution in [-0.4, -0.2) is 37.3 Å². The number of hydrogen-bond donors (Lipinski definition) is 1. The van der Waals surface area contributed by atoms with Gasteiger partial charge < -0.3 is 10.6 Å². The third-order valence-corrected chi connectivity index (χ3v) is 4.77. The summed E-state index contributed by atoms with van der Waals surface area (Å²) in [5.74, 6) is 0.463. The number of nitrogens with two attached hydrogens (primary N) is 1. The minimum atomic E-state index is -0.0319. The molecule has 1 fully saturated rings. The number of carbonyl (C=O) groups excluding carboxylic acids is 1. The van der Waals surface area contributed by atoms with Crippen molar-refractivity contribution in [3.05, 3.63) is 47.8 Å². The molecule has 1 saturated heterocycles. The van der Waals surface area contributed by atoms with Crippen LogP contribution in [0, 0.1) is 0 Å². The van der Waals surface area contributed by atoms with Gasteiger partial charge in [-0.15, -0.1) is 5.10 Å². The fourth-order valence-electron chi connectivity index (χ4n) is 3.57. The highest BCUT2D eigenvalue weighted by molar-refractivity contribution is 5.88. The number of benzene rings is 1. The van der Waals surface area contributed by atoms with Crippen molar-refractivity contribution in [2.75, 3.05) is 12.3 Å². The molecule has 7 nitrogen and oxygen atoms in total. The van der Waals surface area contributed by atoms with E-state index in [4.69, 9.17) is 5.73 Å². The van der Waals surface area contributed by atoms with Crippen LogP contribution in [0.25, 0.3) is 10.9 Å². The average Bonchev–Trinajstić information content (AvgIpc) is 3.22. The quantitative estimate of drug-likeness (QED) is 0.788. The lowest BCUT2D eigenvalue weighted by atomic mass is 10.1. The highest BCUT2D eigenvalue weighted by atomic mass is 16.2. The normalized spacial score (nSPS) is 17.3. The van der Waals surface area contributed by atoms with Crippen molar-refractivity contribution < 1.29 is 4.79 Å². The largest absolute Gasteiger partial charge is 0.382 e. The predicted octanol–water partition coefficient (Wildman–Crippen LogP) is 1.85. The summed E-state index contributed by atoms with van der Waals surface area (Å²) in [6.07, 6.45) is 2.15. The number of amides is 1. The second-order valence-electron chi connectivity index (χ2n) is 6.39. The Kier molecular flexibility index (Phi) is 3.83. The first-order valence-corrected chi connectivity index (χ1v) is 8.42. The minimum Gasteiger partial charge on any atom is -0.382 e. The number of rotatable bonds is 3. The molecule has 0 spiro atoms. The van der Waals surface area contributed by atoms with Gasteiger partial charge >= 0.3 is 0 Å². The van der Waals surface area contributed by atoms with Crippen LogP contribution in [0.15, 0.2) is 36.4 Å². The van der Waals surface area contributed by atoms with E-state index in [0.717, 1.165) is 41.7 Å². The van der Waals surface area contributed by atoms with Crippen LogP contribution in [0.5, 0.6) is 0 Å². The van der Waals surface area contributed by atoms with Crippen LogP contribution < -0.4 is 5.73 Å². The number of aryl methyl sites for hydroxylation is 1. The number of anilines is 1. The maximum absolute atomic E-state index is 12.9. The minimum absolute atomic E-state index is 0.0319. The van der Waals surface area contributed by atoms with E-state index in [9.17, 15) is 4.79 Å². The second kappa shape index (κ2) is 6.16. The van der Waals surface area contributed by atoms with Gasteiger partial charge in [0, 0.05) is 19.0 Å². The molecular formula is C18H20N6O. The molecule has 0 radical (unpaired) electrons. The van der Waals surface area contributed by atoms with Crippen LogP contribution >= 0.6 is 0 Å². The lowest BCUT2D eigenvalue weighted by Gasteiger charge is -2.23.